The molecule has 2 aliphatic heterocycles. The second kappa shape index (κ2) is 14.2. The molecule has 3 aliphatic rings. The summed E-state index contributed by atoms with van der Waals surface area (Å²) in [6, 6.07) is 0. The molecular weight excluding hydrogens is 532 g/mol. The van der Waals surface area contributed by atoms with Crippen molar-refractivity contribution >= 4 is 11.9 Å². The van der Waals surface area contributed by atoms with E-state index in [2.05, 4.69) is 0 Å². The summed E-state index contributed by atoms with van der Waals surface area (Å²) >= 11 is 0. The quantitative estimate of drug-likeness (QED) is 0.137. The van der Waals surface area contributed by atoms with Crippen LogP contribution < -0.4 is 0 Å². The lowest BCUT2D eigenvalue weighted by Crippen LogP contribution is -2.60. The highest BCUT2D eigenvalue weighted by Crippen LogP contribution is 2.42. The van der Waals surface area contributed by atoms with Crippen LogP contribution in [0, 0.1) is 29.6 Å². The zero-order chi connectivity index (χ0) is 29.7. The van der Waals surface area contributed by atoms with Crippen LogP contribution >= 0.6 is 0 Å². The minimum absolute atomic E-state index is 0.0256. The van der Waals surface area contributed by atoms with Crippen molar-refractivity contribution in [2.75, 3.05) is 26.9 Å². The summed E-state index contributed by atoms with van der Waals surface area (Å²) < 4.78 is 27.2. The van der Waals surface area contributed by atoms with Crippen LogP contribution in [-0.4, -0.2) is 113 Å². The lowest BCUT2D eigenvalue weighted by Gasteiger charge is -2.41. The maximum atomic E-state index is 13.1. The molecule has 0 bridgehead atoms. The van der Waals surface area contributed by atoms with Crippen molar-refractivity contribution in [3.8, 4) is 0 Å². The molecule has 12 atom stereocenters. The van der Waals surface area contributed by atoms with Crippen molar-refractivity contribution in [1.29, 1.82) is 0 Å². The van der Waals surface area contributed by atoms with Crippen LogP contribution in [0.25, 0.3) is 0 Å². The molecular formula is C27H42O13. The van der Waals surface area contributed by atoms with Crippen molar-refractivity contribution < 1.29 is 63.9 Å². The first-order valence-electron chi connectivity index (χ1n) is 13.5. The number of esters is 2. The van der Waals surface area contributed by atoms with Crippen LogP contribution in [0.3, 0.4) is 0 Å². The highest BCUT2D eigenvalue weighted by Gasteiger charge is 2.47. The van der Waals surface area contributed by atoms with Gasteiger partial charge in [0.1, 0.15) is 24.4 Å². The molecule has 228 valence electrons. The third-order valence-corrected chi connectivity index (χ3v) is 8.40. The number of hydrogen-bond acceptors (Lipinski definition) is 13. The lowest BCUT2D eigenvalue weighted by atomic mass is 9.83. The van der Waals surface area contributed by atoms with E-state index in [4.69, 9.17) is 23.7 Å². The van der Waals surface area contributed by atoms with Gasteiger partial charge in [-0.3, -0.25) is 4.79 Å². The summed E-state index contributed by atoms with van der Waals surface area (Å²) in [5, 5.41) is 59.9. The second-order valence-electron chi connectivity index (χ2n) is 10.7. The molecule has 13 nitrogen and oxygen atoms in total. The SMILES string of the molecule is C/C=C1\[C@H](O[C@@H]2O[C@H](CO)[C@@H](O)[C@H](O)[C@H]2O)OC=C(C(=O)OC)[C@H]1CC(=O)OC[C@@H]1[C@H](C)[C@@H](O)C[C@H]1C(C)CO. The third kappa shape index (κ3) is 6.85. The number of hydrogen-bond donors (Lipinski definition) is 6. The van der Waals surface area contributed by atoms with E-state index in [-0.39, 0.29) is 48.9 Å². The summed E-state index contributed by atoms with van der Waals surface area (Å²) in [4.78, 5) is 25.6. The molecule has 0 aromatic carbocycles. The molecule has 0 spiro atoms. The Bertz CT molecular complexity index is 933. The Balaban J connectivity index is 1.75. The van der Waals surface area contributed by atoms with Crippen LogP contribution in [0.4, 0.5) is 0 Å². The Morgan fingerprint density at radius 2 is 1.85 bits per heavy atom. The van der Waals surface area contributed by atoms with Crippen molar-refractivity contribution in [1.82, 2.24) is 0 Å². The number of methoxy groups -OCH3 is 1. The van der Waals surface area contributed by atoms with E-state index >= 15 is 0 Å². The average Bonchev–Trinajstić information content (AvgIpc) is 3.24. The number of aliphatic hydroxyl groups excluding tert-OH is 6. The lowest BCUT2D eigenvalue weighted by molar-refractivity contribution is -0.327. The van der Waals surface area contributed by atoms with Gasteiger partial charge in [0.2, 0.25) is 6.29 Å². The van der Waals surface area contributed by atoms with Gasteiger partial charge in [0.25, 0.3) is 0 Å². The van der Waals surface area contributed by atoms with Gasteiger partial charge in [-0.05, 0) is 31.1 Å². The largest absolute Gasteiger partial charge is 0.468 e. The fraction of sp³-hybridized carbons (Fsp3) is 0.778. The summed E-state index contributed by atoms with van der Waals surface area (Å²) in [7, 11) is 1.18. The fourth-order valence-electron chi connectivity index (χ4n) is 5.75. The van der Waals surface area contributed by atoms with Gasteiger partial charge < -0.3 is 54.3 Å². The van der Waals surface area contributed by atoms with Gasteiger partial charge in [0.15, 0.2) is 6.29 Å². The zero-order valence-electron chi connectivity index (χ0n) is 23.2. The number of carbonyl (C=O) groups is 2. The molecule has 1 saturated heterocycles. The number of allylic oxidation sites excluding steroid dienone is 1. The highest BCUT2D eigenvalue weighted by molar-refractivity contribution is 5.90. The van der Waals surface area contributed by atoms with Crippen molar-refractivity contribution in [3.05, 3.63) is 23.5 Å². The second-order valence-corrected chi connectivity index (χ2v) is 10.7. The van der Waals surface area contributed by atoms with Gasteiger partial charge in [0, 0.05) is 24.0 Å². The third-order valence-electron chi connectivity index (χ3n) is 8.40. The molecule has 0 radical (unpaired) electrons. The van der Waals surface area contributed by atoms with E-state index in [0.717, 1.165) is 6.26 Å². The maximum Gasteiger partial charge on any atom is 0.337 e. The van der Waals surface area contributed by atoms with Crippen LogP contribution in [0.5, 0.6) is 0 Å². The first-order chi connectivity index (χ1) is 19.0. The average molecular weight is 575 g/mol. The molecule has 3 rings (SSSR count). The van der Waals surface area contributed by atoms with E-state index in [1.807, 2.05) is 13.8 Å². The summed E-state index contributed by atoms with van der Waals surface area (Å²) in [6.07, 6.45) is -6.64. The number of ether oxygens (including phenoxy) is 5. The number of rotatable bonds is 10. The Morgan fingerprint density at radius 3 is 2.45 bits per heavy atom. The smallest absolute Gasteiger partial charge is 0.337 e. The topological polar surface area (TPSA) is 202 Å². The van der Waals surface area contributed by atoms with E-state index in [1.165, 1.54) is 7.11 Å². The molecule has 2 fully saturated rings. The van der Waals surface area contributed by atoms with E-state index < -0.39 is 67.6 Å². The Morgan fingerprint density at radius 1 is 1.15 bits per heavy atom. The Labute approximate surface area is 232 Å². The van der Waals surface area contributed by atoms with Crippen molar-refractivity contribution in [2.24, 2.45) is 29.6 Å². The monoisotopic (exact) mass is 574 g/mol. The first kappa shape index (κ1) is 32.4. The van der Waals surface area contributed by atoms with Crippen LogP contribution in [0.1, 0.15) is 33.6 Å². The molecule has 0 aromatic rings. The molecule has 6 N–H and O–H groups in total. The van der Waals surface area contributed by atoms with Crippen LogP contribution in [0.2, 0.25) is 0 Å². The normalized spacial score (nSPS) is 39.8. The molecule has 1 aliphatic carbocycles. The standard InChI is InChI=1S/C27H42O13/c1-5-14-16(7-21(31)37-10-17-13(3)19(30)6-15(17)12(2)8-28)18(25(35)36-4)11-38-26(14)40-27-24(34)23(33)22(32)20(9-29)39-27/h5,11-13,15-17,19-20,22-24,26-30,32-34H,6-10H2,1-4H3/b14-5-/t12?,13-,15-,16-,17+,19-,20+,22+,23-,24+,26-,27-/m0/s1. The Hall–Kier alpha value is -2.10. The van der Waals surface area contributed by atoms with Gasteiger partial charge in [-0.1, -0.05) is 19.9 Å². The summed E-state index contributed by atoms with van der Waals surface area (Å²) in [5.74, 6) is -2.67. The van der Waals surface area contributed by atoms with E-state index in [9.17, 15) is 40.2 Å². The first-order valence-corrected chi connectivity index (χ1v) is 13.5. The predicted octanol–water partition coefficient (Wildman–Crippen LogP) is -1.03. The summed E-state index contributed by atoms with van der Waals surface area (Å²) in [5.41, 5.74) is 0.339. The fourth-order valence-corrected chi connectivity index (χ4v) is 5.75. The highest BCUT2D eigenvalue weighted by atomic mass is 16.8. The van der Waals surface area contributed by atoms with Gasteiger partial charge in [-0.2, -0.15) is 0 Å². The summed E-state index contributed by atoms with van der Waals surface area (Å²) in [6.45, 7) is 4.72. The van der Waals surface area contributed by atoms with Crippen LogP contribution in [0.15, 0.2) is 23.5 Å². The predicted molar refractivity (Wildman–Crippen MR) is 136 cm³/mol. The minimum atomic E-state index is -1.69. The minimum Gasteiger partial charge on any atom is -0.468 e. The number of carbonyl (C=O) groups excluding carboxylic acids is 2. The molecule has 2 heterocycles. The molecule has 1 unspecified atom stereocenters. The van der Waals surface area contributed by atoms with E-state index in [0.29, 0.717) is 12.0 Å². The van der Waals surface area contributed by atoms with E-state index in [1.54, 1.807) is 13.0 Å². The molecule has 0 aromatic heterocycles. The van der Waals surface area contributed by atoms with Crippen molar-refractivity contribution in [2.45, 2.75) is 76.7 Å². The van der Waals surface area contributed by atoms with Gasteiger partial charge in [-0.15, -0.1) is 0 Å². The molecule has 0 amide bonds. The zero-order valence-corrected chi connectivity index (χ0v) is 23.2. The van der Waals surface area contributed by atoms with Gasteiger partial charge in [-0.25, -0.2) is 4.79 Å². The van der Waals surface area contributed by atoms with Gasteiger partial charge in [0.05, 0.1) is 44.7 Å². The number of aliphatic hydroxyl groups is 6. The molecule has 40 heavy (non-hydrogen) atoms. The van der Waals surface area contributed by atoms with Gasteiger partial charge >= 0.3 is 11.9 Å². The molecule has 1 saturated carbocycles. The molecule has 13 heteroatoms. The maximum absolute atomic E-state index is 13.1. The van der Waals surface area contributed by atoms with Crippen LogP contribution in [-0.2, 0) is 33.3 Å². The van der Waals surface area contributed by atoms with Crippen molar-refractivity contribution in [3.63, 3.8) is 0 Å². The Kier molecular flexibility index (Phi) is 11.5.